The first-order valence-corrected chi connectivity index (χ1v) is 9.28. The van der Waals surface area contributed by atoms with Gasteiger partial charge in [0.2, 0.25) is 11.7 Å². The molecule has 3 aromatic rings. The third kappa shape index (κ3) is 4.35. The second-order valence-corrected chi connectivity index (χ2v) is 6.91. The molecule has 0 bridgehead atoms. The molecule has 2 atom stereocenters. The Balaban J connectivity index is 1.36. The van der Waals surface area contributed by atoms with Crippen LogP contribution < -0.4 is 15.4 Å². The van der Waals surface area contributed by atoms with Crippen LogP contribution in [-0.4, -0.2) is 52.8 Å². The van der Waals surface area contributed by atoms with Crippen molar-refractivity contribution in [2.24, 2.45) is 0 Å². The number of carbonyl (C=O) groups excluding carboxylic acids is 1. The van der Waals surface area contributed by atoms with Crippen molar-refractivity contribution >= 4 is 11.7 Å². The Hall–Kier alpha value is -3.46. The lowest BCUT2D eigenvalue weighted by molar-refractivity contribution is 0.243. The fourth-order valence-electron chi connectivity index (χ4n) is 3.40. The fraction of sp³-hybridized carbons (Fsp3) is 0.300. The number of likely N-dealkylation sites (N-methyl/N-ethyl adjacent to an activating group) is 1. The van der Waals surface area contributed by atoms with Gasteiger partial charge in [-0.1, -0.05) is 5.16 Å². The SMILES string of the molecule is COc1ccc(NC(=O)NC2CC(c3nc(-c4cccnc4)no3)N(C)C2)cc1. The number of nitrogens with zero attached hydrogens (tertiary/aromatic N) is 4. The summed E-state index contributed by atoms with van der Waals surface area (Å²) in [5, 5.41) is 9.89. The van der Waals surface area contributed by atoms with Crippen LogP contribution in [0.1, 0.15) is 18.4 Å². The summed E-state index contributed by atoms with van der Waals surface area (Å²) in [6.45, 7) is 0.686. The average molecular weight is 394 g/mol. The second-order valence-electron chi connectivity index (χ2n) is 6.91. The lowest BCUT2D eigenvalue weighted by Gasteiger charge is -2.14. The summed E-state index contributed by atoms with van der Waals surface area (Å²) < 4.78 is 10.6. The van der Waals surface area contributed by atoms with Gasteiger partial charge in [0.1, 0.15) is 5.75 Å². The number of anilines is 1. The maximum Gasteiger partial charge on any atom is 0.319 e. The van der Waals surface area contributed by atoms with E-state index in [1.54, 1.807) is 43.8 Å². The van der Waals surface area contributed by atoms with E-state index < -0.39 is 0 Å². The maximum atomic E-state index is 12.3. The van der Waals surface area contributed by atoms with Gasteiger partial charge in [0.25, 0.3) is 0 Å². The number of pyridine rings is 1. The molecule has 0 saturated carbocycles. The Morgan fingerprint density at radius 3 is 2.83 bits per heavy atom. The molecule has 2 unspecified atom stereocenters. The summed E-state index contributed by atoms with van der Waals surface area (Å²) in [5.74, 6) is 1.78. The van der Waals surface area contributed by atoms with Gasteiger partial charge in [-0.3, -0.25) is 9.88 Å². The monoisotopic (exact) mass is 394 g/mol. The van der Waals surface area contributed by atoms with E-state index in [1.165, 1.54) is 0 Å². The van der Waals surface area contributed by atoms with Crippen molar-refractivity contribution in [3.8, 4) is 17.1 Å². The predicted molar refractivity (Wildman–Crippen MR) is 106 cm³/mol. The van der Waals surface area contributed by atoms with Crippen LogP contribution in [-0.2, 0) is 0 Å². The number of rotatable bonds is 5. The maximum absolute atomic E-state index is 12.3. The predicted octanol–water partition coefficient (Wildman–Crippen LogP) is 2.71. The zero-order valence-corrected chi connectivity index (χ0v) is 16.2. The van der Waals surface area contributed by atoms with Crippen molar-refractivity contribution in [3.05, 3.63) is 54.7 Å². The van der Waals surface area contributed by atoms with Gasteiger partial charge in [-0.25, -0.2) is 4.79 Å². The lowest BCUT2D eigenvalue weighted by atomic mass is 10.1. The van der Waals surface area contributed by atoms with E-state index in [0.29, 0.717) is 30.4 Å². The van der Waals surface area contributed by atoms with Gasteiger partial charge in [0.05, 0.1) is 13.2 Å². The van der Waals surface area contributed by atoms with E-state index in [9.17, 15) is 4.79 Å². The van der Waals surface area contributed by atoms with Crippen LogP contribution in [0.3, 0.4) is 0 Å². The number of urea groups is 1. The standard InChI is InChI=1S/C20H22N6O3/c1-26-12-15(23-20(27)22-14-5-7-16(28-2)8-6-14)10-17(26)19-24-18(25-29-19)13-4-3-9-21-11-13/h3-9,11,15,17H,10,12H2,1-2H3,(H2,22,23,27). The average Bonchev–Trinajstić information content (AvgIpc) is 3.36. The number of amides is 2. The summed E-state index contributed by atoms with van der Waals surface area (Å²) in [6, 6.07) is 10.5. The molecular formula is C20H22N6O3. The molecule has 0 spiro atoms. The molecule has 1 aliphatic rings. The van der Waals surface area contributed by atoms with E-state index in [1.807, 2.05) is 19.2 Å². The van der Waals surface area contributed by atoms with Crippen LogP contribution in [0, 0.1) is 0 Å². The molecule has 1 aliphatic heterocycles. The van der Waals surface area contributed by atoms with Gasteiger partial charge in [0, 0.05) is 36.2 Å². The van der Waals surface area contributed by atoms with Gasteiger partial charge in [-0.15, -0.1) is 0 Å². The number of likely N-dealkylation sites (tertiary alicyclic amines) is 1. The highest BCUT2D eigenvalue weighted by Crippen LogP contribution is 2.30. The van der Waals surface area contributed by atoms with Crippen molar-refractivity contribution in [3.63, 3.8) is 0 Å². The van der Waals surface area contributed by atoms with Gasteiger partial charge in [0.15, 0.2) is 0 Å². The number of benzene rings is 1. The zero-order chi connectivity index (χ0) is 20.2. The molecule has 3 heterocycles. The van der Waals surface area contributed by atoms with E-state index in [2.05, 4.69) is 30.7 Å². The smallest absolute Gasteiger partial charge is 0.319 e. The molecule has 150 valence electrons. The lowest BCUT2D eigenvalue weighted by Crippen LogP contribution is -2.39. The normalized spacial score (nSPS) is 19.1. The van der Waals surface area contributed by atoms with E-state index in [4.69, 9.17) is 9.26 Å². The molecule has 0 aliphatic carbocycles. The molecule has 1 aromatic carbocycles. The number of ether oxygens (including phenoxy) is 1. The van der Waals surface area contributed by atoms with Crippen LogP contribution in [0.4, 0.5) is 10.5 Å². The molecular weight excluding hydrogens is 372 g/mol. The molecule has 2 N–H and O–H groups in total. The molecule has 9 heteroatoms. The van der Waals surface area contributed by atoms with E-state index in [0.717, 1.165) is 11.3 Å². The highest BCUT2D eigenvalue weighted by molar-refractivity contribution is 5.89. The topological polar surface area (TPSA) is 105 Å². The van der Waals surface area contributed by atoms with Crippen LogP contribution in [0.25, 0.3) is 11.4 Å². The number of nitrogens with one attached hydrogen (secondary N) is 2. The van der Waals surface area contributed by atoms with Gasteiger partial charge < -0.3 is 19.9 Å². The molecule has 0 radical (unpaired) electrons. The first-order chi connectivity index (χ1) is 14.1. The van der Waals surface area contributed by atoms with Crippen molar-refractivity contribution in [2.75, 3.05) is 26.0 Å². The van der Waals surface area contributed by atoms with Gasteiger partial charge in [-0.05, 0) is 49.9 Å². The van der Waals surface area contributed by atoms with Crippen LogP contribution in [0.2, 0.25) is 0 Å². The zero-order valence-electron chi connectivity index (χ0n) is 16.2. The van der Waals surface area contributed by atoms with Crippen molar-refractivity contribution in [1.29, 1.82) is 0 Å². The number of aromatic nitrogens is 3. The number of methoxy groups -OCH3 is 1. The van der Waals surface area contributed by atoms with Gasteiger partial charge >= 0.3 is 6.03 Å². The first kappa shape index (κ1) is 18.9. The highest BCUT2D eigenvalue weighted by atomic mass is 16.5. The first-order valence-electron chi connectivity index (χ1n) is 9.28. The summed E-state index contributed by atoms with van der Waals surface area (Å²) in [7, 11) is 3.58. The molecule has 1 fully saturated rings. The van der Waals surface area contributed by atoms with Crippen molar-refractivity contribution in [2.45, 2.75) is 18.5 Å². The third-order valence-electron chi connectivity index (χ3n) is 4.88. The molecule has 29 heavy (non-hydrogen) atoms. The Kier molecular flexibility index (Phi) is 5.39. The molecule has 9 nitrogen and oxygen atoms in total. The number of carbonyl (C=O) groups is 1. The number of hydrogen-bond acceptors (Lipinski definition) is 7. The Morgan fingerprint density at radius 1 is 1.28 bits per heavy atom. The van der Waals surface area contributed by atoms with Crippen LogP contribution in [0.5, 0.6) is 5.75 Å². The largest absolute Gasteiger partial charge is 0.497 e. The summed E-state index contributed by atoms with van der Waals surface area (Å²) >= 11 is 0. The summed E-state index contributed by atoms with van der Waals surface area (Å²) in [5.41, 5.74) is 1.50. The van der Waals surface area contributed by atoms with Crippen LogP contribution >= 0.6 is 0 Å². The van der Waals surface area contributed by atoms with Crippen molar-refractivity contribution in [1.82, 2.24) is 25.3 Å². The molecule has 2 amide bonds. The Bertz CT molecular complexity index is 960. The number of hydrogen-bond donors (Lipinski definition) is 2. The fourth-order valence-corrected chi connectivity index (χ4v) is 3.40. The minimum atomic E-state index is -0.254. The molecule has 4 rings (SSSR count). The third-order valence-corrected chi connectivity index (χ3v) is 4.88. The van der Waals surface area contributed by atoms with Crippen LogP contribution in [0.15, 0.2) is 53.3 Å². The highest BCUT2D eigenvalue weighted by Gasteiger charge is 2.35. The summed E-state index contributed by atoms with van der Waals surface area (Å²) in [4.78, 5) is 23.0. The Labute approximate surface area is 168 Å². The minimum absolute atomic E-state index is 0.0306. The molecule has 1 saturated heterocycles. The minimum Gasteiger partial charge on any atom is -0.497 e. The van der Waals surface area contributed by atoms with Gasteiger partial charge in [-0.2, -0.15) is 4.98 Å². The molecule has 2 aromatic heterocycles. The second kappa shape index (κ2) is 8.27. The quantitative estimate of drug-likeness (QED) is 0.685. The van der Waals surface area contributed by atoms with E-state index >= 15 is 0 Å². The van der Waals surface area contributed by atoms with E-state index in [-0.39, 0.29) is 18.1 Å². The van der Waals surface area contributed by atoms with Crippen molar-refractivity contribution < 1.29 is 14.1 Å². The summed E-state index contributed by atoms with van der Waals surface area (Å²) in [6.07, 6.45) is 4.07. The Morgan fingerprint density at radius 2 is 2.10 bits per heavy atom.